The molecule has 0 aliphatic rings. The van der Waals surface area contributed by atoms with E-state index >= 15 is 0 Å². The molecular weight excluding hydrogens is 200 g/mol. The lowest BCUT2D eigenvalue weighted by Gasteiger charge is -1.95. The molecule has 1 aromatic rings. The van der Waals surface area contributed by atoms with E-state index in [0.717, 1.165) is 6.42 Å². The van der Waals surface area contributed by atoms with E-state index in [2.05, 4.69) is 50.4 Å². The summed E-state index contributed by atoms with van der Waals surface area (Å²) in [6.07, 6.45) is 1.14. The number of hydrogen-bond acceptors (Lipinski definition) is 2. The van der Waals surface area contributed by atoms with Crippen LogP contribution < -0.4 is 5.73 Å². The Morgan fingerprint density at radius 1 is 1.56 bits per heavy atom. The molecule has 1 rings (SSSR count). The van der Waals surface area contributed by atoms with Crippen LogP contribution in [0.5, 0.6) is 0 Å². The maximum absolute atomic E-state index is 9.83. The van der Waals surface area contributed by atoms with Gasteiger partial charge in [0.2, 0.25) is 0 Å². The Morgan fingerprint density at radius 2 is 2.19 bits per heavy atom. The minimum atomic E-state index is -0.762. The van der Waals surface area contributed by atoms with Crippen molar-refractivity contribution in [3.63, 3.8) is 0 Å². The van der Waals surface area contributed by atoms with Crippen molar-refractivity contribution in [1.82, 2.24) is 0 Å². The summed E-state index contributed by atoms with van der Waals surface area (Å²) in [4.78, 5) is 9.83. The molecule has 0 aromatic heterocycles. The van der Waals surface area contributed by atoms with Crippen molar-refractivity contribution in [2.45, 2.75) is 20.3 Å². The van der Waals surface area contributed by atoms with E-state index in [1.54, 1.807) is 0 Å². The third kappa shape index (κ3) is 5.61. The topological polar surface area (TPSA) is 66.9 Å². The van der Waals surface area contributed by atoms with Crippen molar-refractivity contribution in [2.75, 3.05) is 0 Å². The SMILES string of the molecule is C=C(C#N)C(N)=O.CCc1cccc(C)c1. The van der Waals surface area contributed by atoms with Gasteiger partial charge in [0.1, 0.15) is 11.6 Å². The summed E-state index contributed by atoms with van der Waals surface area (Å²) in [6, 6.07) is 10.1. The van der Waals surface area contributed by atoms with Crippen molar-refractivity contribution in [1.29, 1.82) is 5.26 Å². The molecule has 0 bridgehead atoms. The normalized spacial score (nSPS) is 8.31. The number of carbonyl (C=O) groups is 1. The lowest BCUT2D eigenvalue weighted by Crippen LogP contribution is -2.11. The molecule has 3 heteroatoms. The molecule has 1 amide bonds. The number of nitrogens with zero attached hydrogens (tertiary/aromatic N) is 1. The molecule has 0 saturated carbocycles. The van der Waals surface area contributed by atoms with Crippen molar-refractivity contribution >= 4 is 5.91 Å². The van der Waals surface area contributed by atoms with Crippen LogP contribution in [0.1, 0.15) is 18.1 Å². The first-order valence-electron chi connectivity index (χ1n) is 4.95. The highest BCUT2D eigenvalue weighted by molar-refractivity contribution is 5.95. The van der Waals surface area contributed by atoms with Crippen LogP contribution in [-0.2, 0) is 11.2 Å². The number of amides is 1. The first-order chi connectivity index (χ1) is 7.51. The number of carbonyl (C=O) groups excluding carboxylic acids is 1. The molecule has 0 unspecified atom stereocenters. The Bertz CT molecular complexity index is 416. The van der Waals surface area contributed by atoms with E-state index in [0.29, 0.717) is 0 Å². The summed E-state index contributed by atoms with van der Waals surface area (Å²) in [6.45, 7) is 7.34. The average molecular weight is 216 g/mol. The second-order valence-electron chi connectivity index (χ2n) is 3.30. The van der Waals surface area contributed by atoms with Gasteiger partial charge in [-0.3, -0.25) is 4.79 Å². The lowest BCUT2D eigenvalue weighted by atomic mass is 10.1. The fourth-order valence-electron chi connectivity index (χ4n) is 0.987. The van der Waals surface area contributed by atoms with E-state index in [4.69, 9.17) is 5.26 Å². The first-order valence-corrected chi connectivity index (χ1v) is 4.95. The maximum Gasteiger partial charge on any atom is 0.258 e. The van der Waals surface area contributed by atoms with Gasteiger partial charge in [0.15, 0.2) is 0 Å². The van der Waals surface area contributed by atoms with Crippen LogP contribution in [0.2, 0.25) is 0 Å². The quantitative estimate of drug-likeness (QED) is 0.607. The molecule has 0 atom stereocenters. The minimum absolute atomic E-state index is 0.208. The fourth-order valence-corrected chi connectivity index (χ4v) is 0.987. The number of rotatable bonds is 2. The predicted molar refractivity (Wildman–Crippen MR) is 64.5 cm³/mol. The molecule has 0 heterocycles. The zero-order valence-corrected chi connectivity index (χ0v) is 9.66. The highest BCUT2D eigenvalue weighted by Crippen LogP contribution is 2.03. The molecule has 2 N–H and O–H groups in total. The van der Waals surface area contributed by atoms with Gasteiger partial charge in [0.05, 0.1) is 0 Å². The highest BCUT2D eigenvalue weighted by atomic mass is 16.1. The molecule has 0 aliphatic heterocycles. The summed E-state index contributed by atoms with van der Waals surface area (Å²) in [7, 11) is 0. The molecule has 0 radical (unpaired) electrons. The van der Waals surface area contributed by atoms with E-state index in [1.165, 1.54) is 17.2 Å². The molecule has 3 nitrogen and oxygen atoms in total. The Kier molecular flexibility index (Phi) is 6.30. The van der Waals surface area contributed by atoms with E-state index in [-0.39, 0.29) is 5.57 Å². The van der Waals surface area contributed by atoms with Gasteiger partial charge in [0.25, 0.3) is 5.91 Å². The van der Waals surface area contributed by atoms with Gasteiger partial charge in [-0.25, -0.2) is 0 Å². The zero-order chi connectivity index (χ0) is 12.6. The van der Waals surface area contributed by atoms with Crippen LogP contribution >= 0.6 is 0 Å². The van der Waals surface area contributed by atoms with Crippen molar-refractivity contribution < 1.29 is 4.79 Å². The van der Waals surface area contributed by atoms with Gasteiger partial charge in [-0.05, 0) is 18.9 Å². The second-order valence-corrected chi connectivity index (χ2v) is 3.30. The third-order valence-corrected chi connectivity index (χ3v) is 1.92. The molecular formula is C13H16N2O. The largest absolute Gasteiger partial charge is 0.365 e. The number of nitriles is 1. The molecule has 0 spiro atoms. The van der Waals surface area contributed by atoms with Crippen molar-refractivity contribution in [3.8, 4) is 6.07 Å². The van der Waals surface area contributed by atoms with Crippen molar-refractivity contribution in [3.05, 3.63) is 47.5 Å². The molecule has 0 fully saturated rings. The Morgan fingerprint density at radius 3 is 2.44 bits per heavy atom. The summed E-state index contributed by atoms with van der Waals surface area (Å²) in [5.41, 5.74) is 7.16. The molecule has 0 saturated heterocycles. The average Bonchev–Trinajstić information content (AvgIpc) is 2.28. The van der Waals surface area contributed by atoms with Gasteiger partial charge in [-0.1, -0.05) is 43.3 Å². The minimum Gasteiger partial charge on any atom is -0.365 e. The van der Waals surface area contributed by atoms with Gasteiger partial charge < -0.3 is 5.73 Å². The smallest absolute Gasteiger partial charge is 0.258 e. The predicted octanol–water partition coefficient (Wildman–Crippen LogP) is 2.11. The third-order valence-electron chi connectivity index (χ3n) is 1.92. The molecule has 0 aliphatic carbocycles. The standard InChI is InChI=1S/C9H12.C4H4N2O/c1-3-9-6-4-5-8(2)7-9;1-3(2-5)4(6)7/h4-7H,3H2,1-2H3;1H2,(H2,6,7). The summed E-state index contributed by atoms with van der Waals surface area (Å²) in [5.74, 6) is -0.762. The second kappa shape index (κ2) is 7.24. The maximum atomic E-state index is 9.83. The molecule has 1 aromatic carbocycles. The van der Waals surface area contributed by atoms with E-state index in [1.807, 2.05) is 0 Å². The summed E-state index contributed by atoms with van der Waals surface area (Å²) >= 11 is 0. The Labute approximate surface area is 96.2 Å². The van der Waals surface area contributed by atoms with Crippen LogP contribution in [0.15, 0.2) is 36.4 Å². The number of aryl methyl sites for hydroxylation is 2. The number of benzene rings is 1. The molecule has 16 heavy (non-hydrogen) atoms. The van der Waals surface area contributed by atoms with E-state index < -0.39 is 5.91 Å². The fraction of sp³-hybridized carbons (Fsp3) is 0.231. The van der Waals surface area contributed by atoms with Gasteiger partial charge in [0, 0.05) is 0 Å². The lowest BCUT2D eigenvalue weighted by molar-refractivity contribution is -0.114. The van der Waals surface area contributed by atoms with Gasteiger partial charge >= 0.3 is 0 Å². The van der Waals surface area contributed by atoms with Gasteiger partial charge in [-0.2, -0.15) is 5.26 Å². The zero-order valence-electron chi connectivity index (χ0n) is 9.66. The van der Waals surface area contributed by atoms with Crippen LogP contribution in [-0.4, -0.2) is 5.91 Å². The monoisotopic (exact) mass is 216 g/mol. The Balaban J connectivity index is 0.000000293. The van der Waals surface area contributed by atoms with Crippen molar-refractivity contribution in [2.24, 2.45) is 5.73 Å². The Hall–Kier alpha value is -2.08. The number of nitrogens with two attached hydrogens (primary N) is 1. The number of hydrogen-bond donors (Lipinski definition) is 1. The van der Waals surface area contributed by atoms with Crippen LogP contribution in [0, 0.1) is 18.3 Å². The van der Waals surface area contributed by atoms with Gasteiger partial charge in [-0.15, -0.1) is 0 Å². The number of primary amides is 1. The van der Waals surface area contributed by atoms with Crippen LogP contribution in [0.25, 0.3) is 0 Å². The first kappa shape index (κ1) is 13.9. The molecule has 84 valence electrons. The highest BCUT2D eigenvalue weighted by Gasteiger charge is 1.94. The van der Waals surface area contributed by atoms with Crippen LogP contribution in [0.4, 0.5) is 0 Å². The van der Waals surface area contributed by atoms with E-state index in [9.17, 15) is 4.79 Å². The summed E-state index contributed by atoms with van der Waals surface area (Å²) < 4.78 is 0. The van der Waals surface area contributed by atoms with Crippen LogP contribution in [0.3, 0.4) is 0 Å². The summed E-state index contributed by atoms with van der Waals surface area (Å²) in [5, 5.41) is 7.85.